The first-order chi connectivity index (χ1) is 16.1. The second-order valence-electron chi connectivity index (χ2n) is 6.87. The van der Waals surface area contributed by atoms with Gasteiger partial charge in [0, 0.05) is 22.2 Å². The fourth-order valence-corrected chi connectivity index (χ4v) is 4.14. The Labute approximate surface area is 203 Å². The number of nitro benzene ring substituents is 1. The summed E-state index contributed by atoms with van der Waals surface area (Å²) in [7, 11) is -2.84. The topological polar surface area (TPSA) is 137 Å². The molecule has 0 atom stereocenters. The molecule has 1 N–H and O–H groups in total. The molecule has 0 unspecified atom stereocenters. The van der Waals surface area contributed by atoms with Crippen molar-refractivity contribution in [3.8, 4) is 11.5 Å². The fourth-order valence-electron chi connectivity index (χ4n) is 2.80. The van der Waals surface area contributed by atoms with Crippen LogP contribution in [0.5, 0.6) is 11.5 Å². The van der Waals surface area contributed by atoms with Gasteiger partial charge in [0.05, 0.1) is 23.8 Å². The van der Waals surface area contributed by atoms with E-state index in [0.717, 1.165) is 29.8 Å². The van der Waals surface area contributed by atoms with Gasteiger partial charge in [-0.2, -0.15) is 13.5 Å². The van der Waals surface area contributed by atoms with Gasteiger partial charge in [0.1, 0.15) is 10.6 Å². The minimum Gasteiger partial charge on any atom is -0.496 e. The van der Waals surface area contributed by atoms with E-state index >= 15 is 0 Å². The van der Waals surface area contributed by atoms with Gasteiger partial charge in [-0.3, -0.25) is 14.9 Å². The number of nitrogens with one attached hydrogen (secondary N) is 1. The van der Waals surface area contributed by atoms with Gasteiger partial charge in [-0.25, -0.2) is 5.43 Å². The van der Waals surface area contributed by atoms with Gasteiger partial charge in [-0.15, -0.1) is 0 Å². The molecule has 10 nitrogen and oxygen atoms in total. The molecule has 176 valence electrons. The van der Waals surface area contributed by atoms with E-state index in [1.165, 1.54) is 19.4 Å². The van der Waals surface area contributed by atoms with Crippen LogP contribution in [0.3, 0.4) is 0 Å². The number of aryl methyl sites for hydroxylation is 1. The largest absolute Gasteiger partial charge is 0.496 e. The average Bonchev–Trinajstić information content (AvgIpc) is 2.80. The lowest BCUT2D eigenvalue weighted by Crippen LogP contribution is -2.18. The Morgan fingerprint density at radius 1 is 1.09 bits per heavy atom. The van der Waals surface area contributed by atoms with E-state index in [9.17, 15) is 23.3 Å². The van der Waals surface area contributed by atoms with Gasteiger partial charge in [-0.05, 0) is 55.0 Å². The number of non-ortho nitro benzene ring substituents is 1. The van der Waals surface area contributed by atoms with Crippen molar-refractivity contribution in [2.24, 2.45) is 5.10 Å². The van der Waals surface area contributed by atoms with Crippen LogP contribution in [0, 0.1) is 17.0 Å². The number of halogens is 1. The Balaban J connectivity index is 1.81. The fraction of sp³-hybridized carbons (Fsp3) is 0.0909. The predicted octanol–water partition coefficient (Wildman–Crippen LogP) is 4.21. The summed E-state index contributed by atoms with van der Waals surface area (Å²) in [5, 5.41) is 14.7. The first kappa shape index (κ1) is 24.9. The maximum Gasteiger partial charge on any atom is 0.339 e. The number of benzene rings is 3. The molecule has 3 aromatic rings. The molecule has 0 aliphatic carbocycles. The molecule has 0 bridgehead atoms. The summed E-state index contributed by atoms with van der Waals surface area (Å²) < 4.78 is 36.4. The van der Waals surface area contributed by atoms with E-state index in [2.05, 4.69) is 26.5 Å². The van der Waals surface area contributed by atoms with Gasteiger partial charge in [-0.1, -0.05) is 22.0 Å². The Morgan fingerprint density at radius 2 is 1.79 bits per heavy atom. The second-order valence-corrected chi connectivity index (χ2v) is 9.34. The van der Waals surface area contributed by atoms with Crippen LogP contribution in [-0.2, 0) is 10.1 Å². The summed E-state index contributed by atoms with van der Waals surface area (Å²) >= 11 is 3.29. The van der Waals surface area contributed by atoms with Crippen molar-refractivity contribution in [1.29, 1.82) is 0 Å². The second kappa shape index (κ2) is 10.4. The Bertz CT molecular complexity index is 1370. The first-order valence-corrected chi connectivity index (χ1v) is 11.8. The van der Waals surface area contributed by atoms with Crippen LogP contribution in [0.4, 0.5) is 5.69 Å². The lowest BCUT2D eigenvalue weighted by Gasteiger charge is -2.10. The Morgan fingerprint density at radius 3 is 2.44 bits per heavy atom. The summed E-state index contributed by atoms with van der Waals surface area (Å²) in [5.41, 5.74) is 3.55. The lowest BCUT2D eigenvalue weighted by atomic mass is 10.1. The van der Waals surface area contributed by atoms with Gasteiger partial charge in [0.15, 0.2) is 5.75 Å². The highest BCUT2D eigenvalue weighted by Crippen LogP contribution is 2.26. The zero-order valence-electron chi connectivity index (χ0n) is 17.9. The smallest absolute Gasteiger partial charge is 0.339 e. The predicted molar refractivity (Wildman–Crippen MR) is 128 cm³/mol. The van der Waals surface area contributed by atoms with Crippen molar-refractivity contribution < 1.29 is 27.1 Å². The van der Waals surface area contributed by atoms with Crippen LogP contribution in [0.2, 0.25) is 0 Å². The molecule has 0 aliphatic heterocycles. The third-order valence-electron chi connectivity index (χ3n) is 4.48. The quantitative estimate of drug-likeness (QED) is 0.193. The number of nitro groups is 1. The maximum atomic E-state index is 12.7. The molecule has 0 spiro atoms. The van der Waals surface area contributed by atoms with Gasteiger partial charge < -0.3 is 8.92 Å². The molecule has 0 saturated carbocycles. The molecule has 0 heterocycles. The zero-order valence-corrected chi connectivity index (χ0v) is 20.3. The standard InChI is InChI=1S/C22H18BrN3O7S/c1-14-3-9-19(21(11-14)32-2)22(27)25-24-13-15-12-16(23)4-10-20(15)33-34(30,31)18-7-5-17(6-8-18)26(28)29/h3-13H,1-2H3,(H,25,27)/b24-13-. The van der Waals surface area contributed by atoms with Gasteiger partial charge >= 0.3 is 10.1 Å². The highest BCUT2D eigenvalue weighted by molar-refractivity contribution is 9.10. The Hall–Kier alpha value is -3.77. The third-order valence-corrected chi connectivity index (χ3v) is 6.22. The Kier molecular flexibility index (Phi) is 7.64. The van der Waals surface area contributed by atoms with E-state index in [1.54, 1.807) is 30.3 Å². The normalized spacial score (nSPS) is 11.3. The van der Waals surface area contributed by atoms with E-state index < -0.39 is 20.9 Å². The molecular weight excluding hydrogens is 530 g/mol. The maximum absolute atomic E-state index is 12.7. The molecule has 34 heavy (non-hydrogen) atoms. The summed E-state index contributed by atoms with van der Waals surface area (Å²) in [6.07, 6.45) is 1.23. The molecule has 12 heteroatoms. The van der Waals surface area contributed by atoms with Crippen LogP contribution in [0.15, 0.2) is 75.1 Å². The average molecular weight is 548 g/mol. The molecule has 3 aromatic carbocycles. The van der Waals surface area contributed by atoms with E-state index in [0.29, 0.717) is 10.2 Å². The van der Waals surface area contributed by atoms with Crippen LogP contribution < -0.4 is 14.3 Å². The number of hydrogen-bond acceptors (Lipinski definition) is 8. The molecule has 0 aromatic heterocycles. The molecule has 0 radical (unpaired) electrons. The minimum absolute atomic E-state index is 0.0625. The summed E-state index contributed by atoms with van der Waals surface area (Å²) in [4.78, 5) is 22.4. The monoisotopic (exact) mass is 547 g/mol. The summed E-state index contributed by atoms with van der Waals surface area (Å²) in [6, 6.07) is 13.9. The van der Waals surface area contributed by atoms with E-state index in [-0.39, 0.29) is 27.5 Å². The zero-order chi connectivity index (χ0) is 24.9. The van der Waals surface area contributed by atoms with Crippen molar-refractivity contribution in [2.75, 3.05) is 7.11 Å². The number of ether oxygens (including phenoxy) is 1. The highest BCUT2D eigenvalue weighted by Gasteiger charge is 2.20. The van der Waals surface area contributed by atoms with E-state index in [1.807, 2.05) is 6.92 Å². The van der Waals surface area contributed by atoms with Crippen LogP contribution in [-0.4, -0.2) is 32.6 Å². The van der Waals surface area contributed by atoms with Crippen LogP contribution in [0.25, 0.3) is 0 Å². The van der Waals surface area contributed by atoms with Gasteiger partial charge in [0.25, 0.3) is 11.6 Å². The number of carbonyl (C=O) groups excluding carboxylic acids is 1. The number of hydrazone groups is 1. The SMILES string of the molecule is COc1cc(C)ccc1C(=O)N/N=C\c1cc(Br)ccc1OS(=O)(=O)c1ccc([N+](=O)[O-])cc1. The van der Waals surface area contributed by atoms with Crippen molar-refractivity contribution in [3.63, 3.8) is 0 Å². The minimum atomic E-state index is -4.29. The van der Waals surface area contributed by atoms with Crippen molar-refractivity contribution >= 4 is 43.9 Å². The first-order valence-electron chi connectivity index (χ1n) is 9.57. The van der Waals surface area contributed by atoms with Crippen molar-refractivity contribution in [2.45, 2.75) is 11.8 Å². The molecule has 3 rings (SSSR count). The van der Waals surface area contributed by atoms with Crippen molar-refractivity contribution in [1.82, 2.24) is 5.43 Å². The van der Waals surface area contributed by atoms with Crippen LogP contribution >= 0.6 is 15.9 Å². The summed E-state index contributed by atoms with van der Waals surface area (Å²) in [6.45, 7) is 1.86. The molecule has 0 saturated heterocycles. The number of hydrogen-bond donors (Lipinski definition) is 1. The molecular formula is C22H18BrN3O7S. The number of carbonyl (C=O) groups is 1. The van der Waals surface area contributed by atoms with Gasteiger partial charge in [0.2, 0.25) is 0 Å². The van der Waals surface area contributed by atoms with Crippen molar-refractivity contribution in [3.05, 3.63) is 91.9 Å². The number of rotatable bonds is 8. The third kappa shape index (κ3) is 5.97. The number of nitrogens with zero attached hydrogens (tertiary/aromatic N) is 2. The van der Waals surface area contributed by atoms with Crippen LogP contribution in [0.1, 0.15) is 21.5 Å². The number of amides is 1. The number of methoxy groups -OCH3 is 1. The molecule has 0 aliphatic rings. The lowest BCUT2D eigenvalue weighted by molar-refractivity contribution is -0.384. The molecule has 1 amide bonds. The molecule has 0 fully saturated rings. The summed E-state index contributed by atoms with van der Waals surface area (Å²) in [5.74, 6) is -0.204. The highest BCUT2D eigenvalue weighted by atomic mass is 79.9. The van der Waals surface area contributed by atoms with E-state index in [4.69, 9.17) is 8.92 Å².